The molecule has 1 aromatic carbocycles. The molecule has 4 rings (SSSR count). The van der Waals surface area contributed by atoms with Crippen LogP contribution in [0.25, 0.3) is 0 Å². The Balaban J connectivity index is 1.47. The van der Waals surface area contributed by atoms with E-state index in [2.05, 4.69) is 20.3 Å². The van der Waals surface area contributed by atoms with Crippen molar-refractivity contribution < 1.29 is 14.4 Å². The first kappa shape index (κ1) is 20.0. The lowest BCUT2D eigenvalue weighted by molar-refractivity contribution is 0.0643. The van der Waals surface area contributed by atoms with Crippen LogP contribution >= 0.6 is 23.1 Å². The Kier molecular flexibility index (Phi) is 5.46. The number of anilines is 1. The SMILES string of the molecule is CSCc1nc(C(=O)Nc2ncc(CN3C(=O)c4ccccc4C3=O)s2)cc(=O)[nH]1. The number of aromatic amines is 1. The normalized spacial score (nSPS) is 12.9. The van der Waals surface area contributed by atoms with Gasteiger partial charge >= 0.3 is 0 Å². The second-order valence-corrected chi connectivity index (χ2v) is 8.32. The molecule has 0 bridgehead atoms. The van der Waals surface area contributed by atoms with E-state index in [0.717, 1.165) is 22.3 Å². The lowest BCUT2D eigenvalue weighted by Gasteiger charge is -2.11. The average molecular weight is 441 g/mol. The standard InChI is InChI=1S/C19H15N5O4S2/c1-29-9-14-21-13(6-15(25)22-14)16(26)23-19-20-7-10(30-19)8-24-17(27)11-4-2-3-5-12(11)18(24)28/h2-7H,8-9H2,1H3,(H,20,23,26)(H,21,22,25). The van der Waals surface area contributed by atoms with Crippen LogP contribution in [0.1, 0.15) is 41.9 Å². The number of thioether (sulfide) groups is 1. The molecular formula is C19H15N5O4S2. The molecule has 0 spiro atoms. The number of carbonyl (C=O) groups is 3. The van der Waals surface area contributed by atoms with Crippen molar-refractivity contribution in [1.29, 1.82) is 0 Å². The van der Waals surface area contributed by atoms with E-state index < -0.39 is 11.5 Å². The van der Waals surface area contributed by atoms with Crippen molar-refractivity contribution in [1.82, 2.24) is 19.9 Å². The van der Waals surface area contributed by atoms with Crippen molar-refractivity contribution >= 4 is 46.0 Å². The molecule has 0 saturated carbocycles. The van der Waals surface area contributed by atoms with Gasteiger partial charge in [0.2, 0.25) is 0 Å². The van der Waals surface area contributed by atoms with E-state index in [1.807, 2.05) is 6.26 Å². The summed E-state index contributed by atoms with van der Waals surface area (Å²) in [5.41, 5.74) is 0.327. The van der Waals surface area contributed by atoms with Gasteiger partial charge in [-0.15, -0.1) is 0 Å². The zero-order chi connectivity index (χ0) is 21.3. The van der Waals surface area contributed by atoms with Gasteiger partial charge in [-0.05, 0) is 18.4 Å². The van der Waals surface area contributed by atoms with E-state index in [9.17, 15) is 19.2 Å². The molecule has 3 heterocycles. The molecule has 9 nitrogen and oxygen atoms in total. The lowest BCUT2D eigenvalue weighted by Crippen LogP contribution is -2.28. The molecule has 152 valence electrons. The van der Waals surface area contributed by atoms with Gasteiger partial charge in [-0.3, -0.25) is 29.4 Å². The van der Waals surface area contributed by atoms with E-state index in [1.54, 1.807) is 24.3 Å². The van der Waals surface area contributed by atoms with E-state index in [4.69, 9.17) is 0 Å². The van der Waals surface area contributed by atoms with Crippen LogP contribution in [0, 0.1) is 0 Å². The Morgan fingerprint density at radius 1 is 1.20 bits per heavy atom. The highest BCUT2D eigenvalue weighted by molar-refractivity contribution is 7.97. The monoisotopic (exact) mass is 441 g/mol. The number of rotatable bonds is 6. The van der Waals surface area contributed by atoms with Crippen LogP contribution in [0.15, 0.2) is 41.3 Å². The fourth-order valence-electron chi connectivity index (χ4n) is 2.97. The summed E-state index contributed by atoms with van der Waals surface area (Å²) in [5, 5.41) is 2.88. The van der Waals surface area contributed by atoms with Crippen LogP contribution in [0.3, 0.4) is 0 Å². The molecule has 0 saturated heterocycles. The maximum Gasteiger partial charge on any atom is 0.276 e. The highest BCUT2D eigenvalue weighted by Gasteiger charge is 2.35. The van der Waals surface area contributed by atoms with Gasteiger partial charge in [-0.1, -0.05) is 23.5 Å². The summed E-state index contributed by atoms with van der Waals surface area (Å²) in [6, 6.07) is 7.77. The first-order chi connectivity index (χ1) is 14.5. The van der Waals surface area contributed by atoms with E-state index in [1.165, 1.54) is 18.0 Å². The molecule has 0 radical (unpaired) electrons. The fourth-order valence-corrected chi connectivity index (χ4v) is 4.17. The highest BCUT2D eigenvalue weighted by atomic mass is 32.2. The molecule has 2 aromatic heterocycles. The Bertz CT molecular complexity index is 1180. The Morgan fingerprint density at radius 3 is 2.57 bits per heavy atom. The lowest BCUT2D eigenvalue weighted by atomic mass is 10.1. The minimum absolute atomic E-state index is 0.0140. The smallest absolute Gasteiger partial charge is 0.276 e. The zero-order valence-corrected chi connectivity index (χ0v) is 17.3. The van der Waals surface area contributed by atoms with Crippen LogP contribution in [-0.4, -0.2) is 43.8 Å². The van der Waals surface area contributed by atoms with Crippen molar-refractivity contribution in [3.63, 3.8) is 0 Å². The van der Waals surface area contributed by atoms with Gasteiger partial charge in [0.15, 0.2) is 5.13 Å². The van der Waals surface area contributed by atoms with Crippen molar-refractivity contribution in [2.45, 2.75) is 12.3 Å². The fraction of sp³-hybridized carbons (Fsp3) is 0.158. The van der Waals surface area contributed by atoms with Crippen molar-refractivity contribution in [3.05, 3.63) is 74.4 Å². The van der Waals surface area contributed by atoms with Crippen LogP contribution in [0.5, 0.6) is 0 Å². The Labute approximate surface area is 178 Å². The number of hydrogen-bond donors (Lipinski definition) is 2. The minimum Gasteiger partial charge on any atom is -0.310 e. The average Bonchev–Trinajstić information content (AvgIpc) is 3.26. The van der Waals surface area contributed by atoms with Crippen LogP contribution in [0.4, 0.5) is 5.13 Å². The molecule has 0 unspecified atom stereocenters. The quantitative estimate of drug-likeness (QED) is 0.561. The number of nitrogens with one attached hydrogen (secondary N) is 2. The van der Waals surface area contributed by atoms with Gasteiger partial charge in [-0.2, -0.15) is 11.8 Å². The van der Waals surface area contributed by atoms with Crippen LogP contribution in [-0.2, 0) is 12.3 Å². The molecule has 0 atom stereocenters. The van der Waals surface area contributed by atoms with Gasteiger partial charge in [0.1, 0.15) is 11.5 Å². The Hall–Kier alpha value is -3.31. The molecule has 3 aromatic rings. The van der Waals surface area contributed by atoms with Crippen molar-refractivity contribution in [2.24, 2.45) is 0 Å². The summed E-state index contributed by atoms with van der Waals surface area (Å²) in [7, 11) is 0. The van der Waals surface area contributed by atoms with Crippen LogP contribution in [0.2, 0.25) is 0 Å². The predicted octanol–water partition coefficient (Wildman–Crippen LogP) is 2.14. The molecule has 3 amide bonds. The summed E-state index contributed by atoms with van der Waals surface area (Å²) in [6.07, 6.45) is 3.35. The van der Waals surface area contributed by atoms with Crippen LogP contribution < -0.4 is 10.9 Å². The summed E-state index contributed by atoms with van der Waals surface area (Å²) < 4.78 is 0. The van der Waals surface area contributed by atoms with Gasteiger partial charge in [0.05, 0.1) is 23.4 Å². The number of H-pyrrole nitrogens is 1. The molecule has 30 heavy (non-hydrogen) atoms. The number of fused-ring (bicyclic) bond motifs is 1. The number of thiazole rings is 1. The van der Waals surface area contributed by atoms with Gasteiger partial charge in [0.25, 0.3) is 23.3 Å². The molecule has 11 heteroatoms. The number of benzene rings is 1. The molecule has 0 aliphatic carbocycles. The molecule has 2 N–H and O–H groups in total. The van der Waals surface area contributed by atoms with Crippen molar-refractivity contribution in [3.8, 4) is 0 Å². The van der Waals surface area contributed by atoms with Gasteiger partial charge < -0.3 is 4.98 Å². The number of aromatic nitrogens is 3. The molecule has 1 aliphatic rings. The van der Waals surface area contributed by atoms with E-state index in [0.29, 0.717) is 27.6 Å². The summed E-state index contributed by atoms with van der Waals surface area (Å²) in [6.45, 7) is 0.0566. The Morgan fingerprint density at radius 2 is 1.90 bits per heavy atom. The molecule has 0 fully saturated rings. The second-order valence-electron chi connectivity index (χ2n) is 6.34. The second kappa shape index (κ2) is 8.20. The van der Waals surface area contributed by atoms with E-state index in [-0.39, 0.29) is 29.2 Å². The molecular weight excluding hydrogens is 426 g/mol. The first-order valence-corrected chi connectivity index (χ1v) is 11.0. The number of carbonyl (C=O) groups excluding carboxylic acids is 3. The number of imide groups is 1. The largest absolute Gasteiger partial charge is 0.310 e. The topological polar surface area (TPSA) is 125 Å². The maximum absolute atomic E-state index is 12.5. The number of nitrogens with zero attached hydrogens (tertiary/aromatic N) is 3. The molecule has 1 aliphatic heterocycles. The van der Waals surface area contributed by atoms with Gasteiger partial charge in [-0.25, -0.2) is 9.97 Å². The third-order valence-electron chi connectivity index (χ3n) is 4.27. The van der Waals surface area contributed by atoms with Crippen molar-refractivity contribution in [2.75, 3.05) is 11.6 Å². The maximum atomic E-state index is 12.5. The summed E-state index contributed by atoms with van der Waals surface area (Å²) >= 11 is 2.60. The highest BCUT2D eigenvalue weighted by Crippen LogP contribution is 2.27. The first-order valence-electron chi connectivity index (χ1n) is 8.76. The summed E-state index contributed by atoms with van der Waals surface area (Å²) in [5.74, 6) is -0.402. The van der Waals surface area contributed by atoms with Gasteiger partial charge in [0, 0.05) is 17.1 Å². The number of hydrogen-bond acceptors (Lipinski definition) is 8. The van der Waals surface area contributed by atoms with E-state index >= 15 is 0 Å². The third-order valence-corrected chi connectivity index (χ3v) is 5.73. The summed E-state index contributed by atoms with van der Waals surface area (Å²) in [4.78, 5) is 61.7. The third kappa shape index (κ3) is 3.89. The zero-order valence-electron chi connectivity index (χ0n) is 15.7. The number of amides is 3. The minimum atomic E-state index is -0.565. The predicted molar refractivity (Wildman–Crippen MR) is 113 cm³/mol.